The van der Waals surface area contributed by atoms with Crippen molar-refractivity contribution in [3.05, 3.63) is 42.2 Å². The Morgan fingerprint density at radius 2 is 1.93 bits per heavy atom. The van der Waals surface area contributed by atoms with Gasteiger partial charge in [-0.25, -0.2) is 9.31 Å². The second-order valence-corrected chi connectivity index (χ2v) is 11.7. The fourth-order valence-electron chi connectivity index (χ4n) is 6.70. The molecular formula is C30H40N6O4. The third-order valence-electron chi connectivity index (χ3n) is 9.30. The number of aromatic nitrogens is 2. The van der Waals surface area contributed by atoms with Crippen molar-refractivity contribution in [3.8, 4) is 0 Å². The molecule has 1 aliphatic carbocycles. The second kappa shape index (κ2) is 10.8. The molecule has 0 radical (unpaired) electrons. The number of dihydropyridines is 1. The number of nitrogens with zero attached hydrogens (tertiary/aromatic N) is 6. The lowest BCUT2D eigenvalue weighted by molar-refractivity contribution is -0.105. The number of rotatable bonds is 7. The number of amides is 1. The number of anilines is 1. The summed E-state index contributed by atoms with van der Waals surface area (Å²) in [6.45, 7) is 9.65. The van der Waals surface area contributed by atoms with Gasteiger partial charge in [-0.05, 0) is 50.8 Å². The van der Waals surface area contributed by atoms with Gasteiger partial charge in [-0.1, -0.05) is 6.08 Å². The fourth-order valence-corrected chi connectivity index (χ4v) is 6.70. The van der Waals surface area contributed by atoms with Crippen LogP contribution in [0.1, 0.15) is 38.2 Å². The highest BCUT2D eigenvalue weighted by Crippen LogP contribution is 2.39. The summed E-state index contributed by atoms with van der Waals surface area (Å²) in [7, 11) is 0. The highest BCUT2D eigenvalue weighted by atomic mass is 16.6. The van der Waals surface area contributed by atoms with Gasteiger partial charge >= 0.3 is 6.09 Å². The smallest absolute Gasteiger partial charge is 0.410 e. The quantitative estimate of drug-likeness (QED) is 0.526. The summed E-state index contributed by atoms with van der Waals surface area (Å²) in [5, 5.41) is 4.58. The molecule has 7 rings (SSSR count). The number of fused-ring (bicyclic) bond motifs is 1. The van der Waals surface area contributed by atoms with Crippen LogP contribution in [0.25, 0.3) is 5.52 Å². The molecule has 4 fully saturated rings. The second-order valence-electron chi connectivity index (χ2n) is 11.7. The largest absolute Gasteiger partial charge is 0.441 e. The molecular weight excluding hydrogens is 508 g/mol. The maximum absolute atomic E-state index is 12.4. The summed E-state index contributed by atoms with van der Waals surface area (Å²) in [6.07, 6.45) is 13.0. The van der Waals surface area contributed by atoms with Crippen molar-refractivity contribution >= 4 is 23.0 Å². The van der Waals surface area contributed by atoms with Crippen LogP contribution in [0.4, 0.5) is 10.5 Å². The van der Waals surface area contributed by atoms with Crippen LogP contribution in [0.3, 0.4) is 0 Å². The topological polar surface area (TPSA) is 84.1 Å². The molecule has 2 aromatic heterocycles. The summed E-state index contributed by atoms with van der Waals surface area (Å²) >= 11 is 0. The van der Waals surface area contributed by atoms with E-state index >= 15 is 0 Å². The number of ether oxygens (including phenoxy) is 3. The predicted molar refractivity (Wildman–Crippen MR) is 152 cm³/mol. The Bertz CT molecular complexity index is 1280. The summed E-state index contributed by atoms with van der Waals surface area (Å²) in [5.41, 5.74) is 4.15. The summed E-state index contributed by atoms with van der Waals surface area (Å²) < 4.78 is 19.0. The molecule has 0 bridgehead atoms. The Kier molecular flexibility index (Phi) is 7.01. The van der Waals surface area contributed by atoms with Gasteiger partial charge in [-0.2, -0.15) is 5.10 Å². The summed E-state index contributed by atoms with van der Waals surface area (Å²) in [4.78, 5) is 24.3. The van der Waals surface area contributed by atoms with Gasteiger partial charge in [0.25, 0.3) is 0 Å². The van der Waals surface area contributed by atoms with Gasteiger partial charge in [-0.3, -0.25) is 4.99 Å². The van der Waals surface area contributed by atoms with Crippen molar-refractivity contribution < 1.29 is 19.0 Å². The minimum absolute atomic E-state index is 0.0958. The first-order chi connectivity index (χ1) is 19.6. The molecule has 1 saturated carbocycles. The van der Waals surface area contributed by atoms with Crippen molar-refractivity contribution in [1.29, 1.82) is 0 Å². The number of hydrogen-bond acceptors (Lipinski definition) is 8. The van der Waals surface area contributed by atoms with Gasteiger partial charge in [0.15, 0.2) is 6.10 Å². The number of piperidine rings is 1. The van der Waals surface area contributed by atoms with Crippen LogP contribution in [-0.4, -0.2) is 115 Å². The van der Waals surface area contributed by atoms with Crippen LogP contribution in [0, 0.1) is 5.92 Å². The number of piperazine rings is 1. The third-order valence-corrected chi connectivity index (χ3v) is 9.30. The van der Waals surface area contributed by atoms with Gasteiger partial charge in [0, 0.05) is 82.3 Å². The van der Waals surface area contributed by atoms with Crippen molar-refractivity contribution in [2.45, 2.75) is 50.4 Å². The normalized spacial score (nSPS) is 25.6. The van der Waals surface area contributed by atoms with Crippen LogP contribution in [0.15, 0.2) is 41.7 Å². The maximum Gasteiger partial charge on any atom is 0.410 e. The van der Waals surface area contributed by atoms with Gasteiger partial charge in [0.2, 0.25) is 0 Å². The van der Waals surface area contributed by atoms with Crippen LogP contribution >= 0.6 is 0 Å². The zero-order valence-electron chi connectivity index (χ0n) is 23.4. The van der Waals surface area contributed by atoms with E-state index in [4.69, 9.17) is 19.2 Å². The summed E-state index contributed by atoms with van der Waals surface area (Å²) in [5.74, 6) is 0.308. The van der Waals surface area contributed by atoms with Crippen LogP contribution < -0.4 is 4.90 Å². The van der Waals surface area contributed by atoms with E-state index in [1.54, 1.807) is 4.90 Å². The number of carbonyl (C=O) groups excluding carboxylic acids is 1. The van der Waals surface area contributed by atoms with Crippen molar-refractivity contribution in [2.75, 3.05) is 70.5 Å². The van der Waals surface area contributed by atoms with Gasteiger partial charge in [0.05, 0.1) is 35.7 Å². The summed E-state index contributed by atoms with van der Waals surface area (Å²) in [6, 6.07) is 5.07. The Morgan fingerprint density at radius 3 is 2.58 bits per heavy atom. The van der Waals surface area contributed by atoms with E-state index in [-0.39, 0.29) is 17.8 Å². The maximum atomic E-state index is 12.4. The Hall–Kier alpha value is -2.95. The van der Waals surface area contributed by atoms with Crippen LogP contribution in [0.5, 0.6) is 0 Å². The molecule has 1 atom stereocenters. The molecule has 1 amide bonds. The average Bonchev–Trinajstić information content (AvgIpc) is 3.73. The Labute approximate surface area is 235 Å². The average molecular weight is 549 g/mol. The lowest BCUT2D eigenvalue weighted by Crippen LogP contribution is -2.52. The number of allylic oxidation sites excluding steroid dienone is 1. The predicted octanol–water partition coefficient (Wildman–Crippen LogP) is 3.00. The monoisotopic (exact) mass is 548 g/mol. The molecule has 1 unspecified atom stereocenters. The molecule has 40 heavy (non-hydrogen) atoms. The molecule has 10 nitrogen and oxygen atoms in total. The van der Waals surface area contributed by atoms with E-state index in [0.717, 1.165) is 80.7 Å². The molecule has 0 aromatic carbocycles. The SMILES string of the molecule is CCOC1(C2C=CC(c3cc4c(N5CCN(C(=O)OC6COC6)CC5)ccnn4c3)=NC2)CCN(C2CC2)CC1. The van der Waals surface area contributed by atoms with E-state index in [1.165, 1.54) is 12.8 Å². The zero-order chi connectivity index (χ0) is 27.1. The highest BCUT2D eigenvalue weighted by molar-refractivity contribution is 6.10. The Morgan fingerprint density at radius 1 is 1.12 bits per heavy atom. The van der Waals surface area contributed by atoms with Gasteiger partial charge < -0.3 is 28.9 Å². The number of carbonyl (C=O) groups is 1. The molecule has 4 aliphatic heterocycles. The molecule has 2 aromatic rings. The zero-order valence-corrected chi connectivity index (χ0v) is 23.4. The minimum atomic E-state index is -0.238. The molecule has 214 valence electrons. The minimum Gasteiger partial charge on any atom is -0.441 e. The standard InChI is InChI=1S/C30H40N6O4/c1-2-39-30(8-11-33(12-9-30)24-4-5-24)23-3-6-26(31-18-23)22-17-28-27(7-10-32-36(28)19-22)34-13-15-35(16-14-34)29(37)40-25-20-38-21-25/h3,6-7,10,17,19,23-25H,2,4-5,8-9,11-16,18,20-21H2,1H3. The highest BCUT2D eigenvalue weighted by Gasteiger charge is 2.44. The molecule has 5 aliphatic rings. The van der Waals surface area contributed by atoms with E-state index in [9.17, 15) is 4.79 Å². The number of hydrogen-bond donors (Lipinski definition) is 0. The molecule has 6 heterocycles. The van der Waals surface area contributed by atoms with Gasteiger partial charge in [0.1, 0.15) is 0 Å². The van der Waals surface area contributed by atoms with Gasteiger partial charge in [-0.15, -0.1) is 0 Å². The lowest BCUT2D eigenvalue weighted by Gasteiger charge is -2.45. The molecule has 0 spiro atoms. The Balaban J connectivity index is 1.02. The molecule has 0 N–H and O–H groups in total. The number of likely N-dealkylation sites (tertiary alicyclic amines) is 1. The van der Waals surface area contributed by atoms with E-state index in [2.05, 4.69) is 52.3 Å². The van der Waals surface area contributed by atoms with E-state index in [1.807, 2.05) is 10.7 Å². The fraction of sp³-hybridized carbons (Fsp3) is 0.633. The number of aliphatic imine (C=N–C) groups is 1. The van der Waals surface area contributed by atoms with Crippen LogP contribution in [-0.2, 0) is 14.2 Å². The lowest BCUT2D eigenvalue weighted by atomic mass is 9.77. The first-order valence-corrected chi connectivity index (χ1v) is 15.0. The van der Waals surface area contributed by atoms with E-state index < -0.39 is 0 Å². The van der Waals surface area contributed by atoms with Crippen LogP contribution in [0.2, 0.25) is 0 Å². The first kappa shape index (κ1) is 26.0. The first-order valence-electron chi connectivity index (χ1n) is 15.0. The molecule has 10 heteroatoms. The third kappa shape index (κ3) is 5.01. The molecule has 3 saturated heterocycles. The van der Waals surface area contributed by atoms with Crippen molar-refractivity contribution in [3.63, 3.8) is 0 Å². The van der Waals surface area contributed by atoms with Crippen molar-refractivity contribution in [1.82, 2.24) is 19.4 Å². The van der Waals surface area contributed by atoms with Crippen molar-refractivity contribution in [2.24, 2.45) is 10.9 Å². The van der Waals surface area contributed by atoms with E-state index in [0.29, 0.717) is 32.2 Å².